The van der Waals surface area contributed by atoms with Crippen LogP contribution in [0.2, 0.25) is 0 Å². The van der Waals surface area contributed by atoms with Crippen molar-refractivity contribution in [2.75, 3.05) is 31.1 Å². The van der Waals surface area contributed by atoms with Crippen molar-refractivity contribution in [1.29, 1.82) is 0 Å². The van der Waals surface area contributed by atoms with Gasteiger partial charge in [-0.2, -0.15) is 13.2 Å². The van der Waals surface area contributed by atoms with E-state index in [4.69, 9.17) is 0 Å². The van der Waals surface area contributed by atoms with E-state index in [2.05, 4.69) is 25.6 Å². The van der Waals surface area contributed by atoms with Gasteiger partial charge in [0.15, 0.2) is 21.6 Å². The number of amides is 1. The Morgan fingerprint density at radius 3 is 2.50 bits per heavy atom. The summed E-state index contributed by atoms with van der Waals surface area (Å²) in [6.45, 7) is 6.30. The van der Waals surface area contributed by atoms with Crippen molar-refractivity contribution in [3.8, 4) is 0 Å². The maximum absolute atomic E-state index is 13.7. The summed E-state index contributed by atoms with van der Waals surface area (Å²) in [6.07, 6.45) is -3.99. The van der Waals surface area contributed by atoms with E-state index in [0.29, 0.717) is 47.0 Å². The lowest BCUT2D eigenvalue weighted by Gasteiger charge is -2.70. The Bertz CT molecular complexity index is 1440. The van der Waals surface area contributed by atoms with Gasteiger partial charge in [0, 0.05) is 37.4 Å². The van der Waals surface area contributed by atoms with Crippen LogP contribution < -0.4 is 21.0 Å². The van der Waals surface area contributed by atoms with E-state index in [1.807, 2.05) is 18.7 Å². The lowest BCUT2D eigenvalue weighted by atomic mass is 9.39. The minimum Gasteiger partial charge on any atom is -0.364 e. The quantitative estimate of drug-likeness (QED) is 0.531. The first kappa shape index (κ1) is 23.6. The highest BCUT2D eigenvalue weighted by molar-refractivity contribution is 7.18. The van der Waals surface area contributed by atoms with Gasteiger partial charge in [-0.1, -0.05) is 18.3 Å². The van der Waals surface area contributed by atoms with Gasteiger partial charge in [-0.3, -0.25) is 9.59 Å². The van der Waals surface area contributed by atoms with Crippen LogP contribution in [0.25, 0.3) is 21.6 Å². The molecular formula is C23H26F3N7O2S. The number of nitrogens with zero attached hydrogens (tertiary/aromatic N) is 5. The van der Waals surface area contributed by atoms with Crippen LogP contribution in [0.4, 0.5) is 18.9 Å². The predicted molar refractivity (Wildman–Crippen MR) is 129 cm³/mol. The fourth-order valence-corrected chi connectivity index (χ4v) is 6.87. The summed E-state index contributed by atoms with van der Waals surface area (Å²) in [5.41, 5.74) is -0.672. The summed E-state index contributed by atoms with van der Waals surface area (Å²) in [7, 11) is 0. The molecule has 4 heterocycles. The Hall–Kier alpha value is -2.80. The van der Waals surface area contributed by atoms with Gasteiger partial charge in [0.25, 0.3) is 0 Å². The van der Waals surface area contributed by atoms with Crippen molar-refractivity contribution in [2.24, 2.45) is 5.41 Å². The maximum Gasteiger partial charge on any atom is 0.394 e. The van der Waals surface area contributed by atoms with E-state index in [0.717, 1.165) is 18.1 Å². The number of hydrogen-bond acceptors (Lipinski definition) is 8. The van der Waals surface area contributed by atoms with E-state index in [-0.39, 0.29) is 36.8 Å². The first-order valence-corrected chi connectivity index (χ1v) is 12.9. The molecule has 0 radical (unpaired) electrons. The highest BCUT2D eigenvalue weighted by atomic mass is 32.1. The molecule has 3 aromatic heterocycles. The molecule has 1 amide bonds. The maximum atomic E-state index is 13.7. The minimum atomic E-state index is -4.24. The number of aryl methyl sites for hydroxylation is 1. The molecule has 2 N–H and O–H groups in total. The van der Waals surface area contributed by atoms with Crippen molar-refractivity contribution in [2.45, 2.75) is 57.8 Å². The number of alkyl halides is 3. The van der Waals surface area contributed by atoms with Gasteiger partial charge in [0.1, 0.15) is 12.2 Å². The van der Waals surface area contributed by atoms with Crippen molar-refractivity contribution in [1.82, 2.24) is 30.2 Å². The van der Waals surface area contributed by atoms with Crippen LogP contribution in [-0.4, -0.2) is 63.3 Å². The third-order valence-electron chi connectivity index (χ3n) is 7.73. The van der Waals surface area contributed by atoms with E-state index in [9.17, 15) is 22.8 Å². The van der Waals surface area contributed by atoms with Crippen LogP contribution in [0.5, 0.6) is 0 Å². The zero-order valence-electron chi connectivity index (χ0n) is 20.0. The van der Waals surface area contributed by atoms with Crippen LogP contribution in [0.1, 0.15) is 36.9 Å². The number of hydrogen-bond donors (Lipinski definition) is 2. The molecule has 1 saturated heterocycles. The number of halogens is 3. The fourth-order valence-electron chi connectivity index (χ4n) is 6.14. The van der Waals surface area contributed by atoms with Gasteiger partial charge in [0.2, 0.25) is 11.3 Å². The van der Waals surface area contributed by atoms with E-state index in [1.165, 1.54) is 11.3 Å². The molecule has 36 heavy (non-hydrogen) atoms. The van der Waals surface area contributed by atoms with Crippen LogP contribution in [0.15, 0.2) is 4.79 Å². The number of fused-ring (bicyclic) bond motifs is 2. The third kappa shape index (κ3) is 3.42. The second-order valence-electron chi connectivity index (χ2n) is 10.2. The molecule has 0 unspecified atom stereocenters. The standard InChI is InChI=1S/C23H26F3N7O2S/c1-3-13-16(32-6-4-27-5-7-32)17(35)15-19(30-20-18(29-15)28-12(2)36-20)33(13)8-14(34)31-22-9-21(10-22,11-22)23(24,25)26/h27H,3-11H2,1-2H3,(H,31,34). The first-order valence-electron chi connectivity index (χ1n) is 12.1. The summed E-state index contributed by atoms with van der Waals surface area (Å²) in [5.74, 6) is -0.390. The molecule has 0 aromatic carbocycles. The summed E-state index contributed by atoms with van der Waals surface area (Å²) in [5, 5.41) is 6.89. The zero-order chi connectivity index (χ0) is 25.5. The molecule has 3 aliphatic carbocycles. The summed E-state index contributed by atoms with van der Waals surface area (Å²) < 4.78 is 41.5. The SMILES string of the molecule is CCc1c(N2CCNCC2)c(=O)c2nc3nc(C)sc3nc2n1CC(=O)NC12CC(C(F)(F)F)(C1)C2. The largest absolute Gasteiger partial charge is 0.394 e. The van der Waals surface area contributed by atoms with Gasteiger partial charge in [0.05, 0.1) is 10.4 Å². The first-order chi connectivity index (χ1) is 17.0. The smallest absolute Gasteiger partial charge is 0.364 e. The number of carbonyl (C=O) groups excluding carboxylic acids is 1. The molecule has 4 aliphatic rings. The molecule has 3 saturated carbocycles. The second kappa shape index (κ2) is 7.85. The summed E-state index contributed by atoms with van der Waals surface area (Å²) in [4.78, 5) is 43.1. The molecule has 2 bridgehead atoms. The number of anilines is 1. The van der Waals surface area contributed by atoms with Gasteiger partial charge in [-0.25, -0.2) is 15.0 Å². The number of aromatic nitrogens is 4. The number of nitrogens with one attached hydrogen (secondary N) is 2. The molecule has 1 aliphatic heterocycles. The highest BCUT2D eigenvalue weighted by Crippen LogP contribution is 2.73. The minimum absolute atomic E-state index is 0.0760. The average molecular weight is 522 g/mol. The zero-order valence-corrected chi connectivity index (χ0v) is 20.8. The topological polar surface area (TPSA) is 105 Å². The predicted octanol–water partition coefficient (Wildman–Crippen LogP) is 2.28. The average Bonchev–Trinajstić information content (AvgIpc) is 3.14. The molecule has 13 heteroatoms. The van der Waals surface area contributed by atoms with Gasteiger partial charge >= 0.3 is 6.18 Å². The Labute approximate surface area is 208 Å². The monoisotopic (exact) mass is 521 g/mol. The number of thiazole rings is 1. The summed E-state index contributed by atoms with van der Waals surface area (Å²) >= 11 is 1.35. The van der Waals surface area contributed by atoms with Crippen molar-refractivity contribution < 1.29 is 18.0 Å². The molecule has 4 fully saturated rings. The van der Waals surface area contributed by atoms with Gasteiger partial charge in [-0.05, 0) is 32.6 Å². The number of carbonyl (C=O) groups is 1. The molecule has 0 atom stereocenters. The Kier molecular flexibility index (Phi) is 5.14. The van der Waals surface area contributed by atoms with Crippen LogP contribution in [-0.2, 0) is 17.8 Å². The molecule has 9 nitrogen and oxygen atoms in total. The van der Waals surface area contributed by atoms with E-state index >= 15 is 0 Å². The van der Waals surface area contributed by atoms with E-state index < -0.39 is 23.0 Å². The number of rotatable bonds is 5. The van der Waals surface area contributed by atoms with Crippen molar-refractivity contribution >= 4 is 44.6 Å². The number of pyridine rings is 1. The lowest BCUT2D eigenvalue weighted by molar-refractivity contribution is -0.337. The van der Waals surface area contributed by atoms with Crippen LogP contribution in [0.3, 0.4) is 0 Å². The number of piperazine rings is 1. The Morgan fingerprint density at radius 1 is 1.17 bits per heavy atom. The van der Waals surface area contributed by atoms with Crippen molar-refractivity contribution in [3.63, 3.8) is 0 Å². The molecule has 192 valence electrons. The fraction of sp³-hybridized carbons (Fsp3) is 0.609. The van der Waals surface area contributed by atoms with Crippen LogP contribution in [0, 0.1) is 12.3 Å². The highest BCUT2D eigenvalue weighted by Gasteiger charge is 2.78. The Morgan fingerprint density at radius 2 is 1.86 bits per heavy atom. The normalized spacial score (nSPS) is 25.6. The van der Waals surface area contributed by atoms with Gasteiger partial charge in [-0.15, -0.1) is 0 Å². The van der Waals surface area contributed by atoms with E-state index in [1.54, 1.807) is 4.57 Å². The lowest BCUT2D eigenvalue weighted by Crippen LogP contribution is -2.78. The van der Waals surface area contributed by atoms with Crippen LogP contribution >= 0.6 is 11.3 Å². The third-order valence-corrected chi connectivity index (χ3v) is 8.58. The molecule has 0 spiro atoms. The Balaban J connectivity index is 1.41. The molecular weight excluding hydrogens is 495 g/mol. The van der Waals surface area contributed by atoms with Gasteiger partial charge < -0.3 is 20.1 Å². The molecule has 3 aromatic rings. The van der Waals surface area contributed by atoms with Crippen molar-refractivity contribution in [3.05, 3.63) is 20.9 Å². The molecule has 7 rings (SSSR count). The second-order valence-corrected chi connectivity index (χ2v) is 11.4. The summed E-state index contributed by atoms with van der Waals surface area (Å²) in [6, 6.07) is 0.